The zero-order valence-electron chi connectivity index (χ0n) is 27.8. The third-order valence-corrected chi connectivity index (χ3v) is 8.24. The van der Waals surface area contributed by atoms with Crippen molar-refractivity contribution in [3.63, 3.8) is 0 Å². The van der Waals surface area contributed by atoms with Crippen LogP contribution in [0.2, 0.25) is 0 Å². The van der Waals surface area contributed by atoms with Gasteiger partial charge in [0.05, 0.1) is 57.1 Å². The Morgan fingerprint density at radius 3 is 2.27 bits per heavy atom. The summed E-state index contributed by atoms with van der Waals surface area (Å²) in [6.45, 7) is 4.32. The number of anilines is 2. The molecule has 1 aliphatic heterocycles. The molecule has 0 spiro atoms. The molecular formula is C34H38FN7O7. The Hall–Kier alpha value is -5.86. The van der Waals surface area contributed by atoms with Crippen LogP contribution in [0.1, 0.15) is 25.7 Å². The van der Waals surface area contributed by atoms with Crippen molar-refractivity contribution < 1.29 is 33.0 Å². The third-order valence-electron chi connectivity index (χ3n) is 8.24. The molecule has 0 radical (unpaired) electrons. The molecule has 2 N–H and O–H groups in total. The van der Waals surface area contributed by atoms with Crippen LogP contribution in [0.4, 0.5) is 25.4 Å². The van der Waals surface area contributed by atoms with Gasteiger partial charge in [0.15, 0.2) is 5.82 Å². The van der Waals surface area contributed by atoms with Crippen molar-refractivity contribution in [2.45, 2.75) is 25.9 Å². The lowest BCUT2D eigenvalue weighted by Crippen LogP contribution is -2.59. The van der Waals surface area contributed by atoms with Gasteiger partial charge in [-0.2, -0.15) is 0 Å². The number of piperazine rings is 1. The van der Waals surface area contributed by atoms with Gasteiger partial charge in [-0.25, -0.2) is 23.6 Å². The second-order valence-corrected chi connectivity index (χ2v) is 11.3. The second-order valence-electron chi connectivity index (χ2n) is 11.3. The highest BCUT2D eigenvalue weighted by molar-refractivity contribution is 6.03. The summed E-state index contributed by atoms with van der Waals surface area (Å²) < 4.78 is 30.8. The number of nitrogens with zero attached hydrogens (tertiary/aromatic N) is 5. The van der Waals surface area contributed by atoms with Gasteiger partial charge >= 0.3 is 12.1 Å². The Labute approximate surface area is 281 Å². The van der Waals surface area contributed by atoms with Crippen molar-refractivity contribution in [1.29, 1.82) is 0 Å². The standard InChI is InChI=1S/C34H38FN7O7/c1-21(36-34(46)49-5)31(43)39-16-18-40(19-17-39)42-30(38-27-9-7-6-8-26(27)32(42)44)22(2)41(28-15-14-25(47-3)20-29(28)48-4)33(45)37-24-12-10-23(35)11-13-24/h6-15,20-22H,16-19H2,1-5H3,(H,36,46)(H,37,45)/t21-,22?/m1/s1. The first-order valence-electron chi connectivity index (χ1n) is 15.5. The Balaban J connectivity index is 1.56. The molecule has 49 heavy (non-hydrogen) atoms. The number of aromatic nitrogens is 2. The molecule has 1 unspecified atom stereocenters. The first-order chi connectivity index (χ1) is 23.6. The number of amides is 4. The molecule has 258 valence electrons. The lowest BCUT2D eigenvalue weighted by Gasteiger charge is -2.39. The van der Waals surface area contributed by atoms with Crippen LogP contribution in [0, 0.1) is 5.82 Å². The summed E-state index contributed by atoms with van der Waals surface area (Å²) in [5, 5.41) is 7.47. The number of para-hydroxylation sites is 1. The van der Waals surface area contributed by atoms with Crippen molar-refractivity contribution in [3.05, 3.63) is 88.7 Å². The van der Waals surface area contributed by atoms with Gasteiger partial charge < -0.3 is 34.8 Å². The molecule has 3 aromatic carbocycles. The molecule has 1 aliphatic rings. The molecule has 0 saturated carbocycles. The summed E-state index contributed by atoms with van der Waals surface area (Å²) in [6.07, 6.45) is -0.714. The Morgan fingerprint density at radius 2 is 1.61 bits per heavy atom. The molecule has 4 amide bonds. The average molecular weight is 676 g/mol. The van der Waals surface area contributed by atoms with Gasteiger partial charge in [0.2, 0.25) is 5.91 Å². The maximum absolute atomic E-state index is 14.2. The Kier molecular flexibility index (Phi) is 10.5. The van der Waals surface area contributed by atoms with Crippen molar-refractivity contribution in [1.82, 2.24) is 19.9 Å². The molecule has 4 aromatic rings. The zero-order chi connectivity index (χ0) is 35.2. The van der Waals surface area contributed by atoms with Gasteiger partial charge in [0, 0.05) is 24.8 Å². The minimum atomic E-state index is -0.885. The fraction of sp³-hybridized carbons (Fsp3) is 0.324. The fourth-order valence-electron chi connectivity index (χ4n) is 5.68. The molecular weight excluding hydrogens is 637 g/mol. The van der Waals surface area contributed by atoms with E-state index >= 15 is 0 Å². The maximum Gasteiger partial charge on any atom is 0.407 e. The van der Waals surface area contributed by atoms with Crippen LogP contribution in [0.15, 0.2) is 71.5 Å². The minimum Gasteiger partial charge on any atom is -0.497 e. The van der Waals surface area contributed by atoms with E-state index in [0.717, 1.165) is 0 Å². The highest BCUT2D eigenvalue weighted by atomic mass is 19.1. The molecule has 15 heteroatoms. The largest absolute Gasteiger partial charge is 0.497 e. The summed E-state index contributed by atoms with van der Waals surface area (Å²) in [5.41, 5.74) is 0.778. The van der Waals surface area contributed by atoms with Crippen LogP contribution in [0.3, 0.4) is 0 Å². The molecule has 5 rings (SSSR count). The van der Waals surface area contributed by atoms with Crippen molar-refractivity contribution in [3.8, 4) is 11.5 Å². The van der Waals surface area contributed by atoms with E-state index < -0.39 is 30.0 Å². The van der Waals surface area contributed by atoms with Crippen LogP contribution >= 0.6 is 0 Å². The third kappa shape index (κ3) is 7.35. The summed E-state index contributed by atoms with van der Waals surface area (Å²) in [4.78, 5) is 61.1. The molecule has 14 nitrogen and oxygen atoms in total. The number of fused-ring (bicyclic) bond motifs is 1. The molecule has 1 fully saturated rings. The predicted octanol–water partition coefficient (Wildman–Crippen LogP) is 3.88. The normalized spacial score (nSPS) is 14.1. The smallest absolute Gasteiger partial charge is 0.407 e. The minimum absolute atomic E-state index is 0.247. The number of carbonyl (C=O) groups excluding carboxylic acids is 3. The average Bonchev–Trinajstić information content (AvgIpc) is 3.12. The summed E-state index contributed by atoms with van der Waals surface area (Å²) in [7, 11) is 4.19. The molecule has 1 saturated heterocycles. The number of carbonyl (C=O) groups is 3. The van der Waals surface area contributed by atoms with Gasteiger partial charge in [-0.05, 0) is 62.4 Å². The van der Waals surface area contributed by atoms with Crippen LogP contribution < -0.4 is 35.6 Å². The first-order valence-corrected chi connectivity index (χ1v) is 15.5. The number of benzene rings is 3. The highest BCUT2D eigenvalue weighted by Crippen LogP contribution is 2.37. The summed E-state index contributed by atoms with van der Waals surface area (Å²) in [6, 6.07) is 14.9. The van der Waals surface area contributed by atoms with E-state index in [1.54, 1.807) is 66.2 Å². The number of nitrogens with one attached hydrogen (secondary N) is 2. The van der Waals surface area contributed by atoms with Crippen LogP contribution in [-0.2, 0) is 9.53 Å². The summed E-state index contributed by atoms with van der Waals surface area (Å²) in [5.74, 6) is 0.308. The monoisotopic (exact) mass is 675 g/mol. The van der Waals surface area contributed by atoms with E-state index in [0.29, 0.717) is 33.8 Å². The van der Waals surface area contributed by atoms with E-state index in [4.69, 9.17) is 14.5 Å². The van der Waals surface area contributed by atoms with Crippen molar-refractivity contribution >= 4 is 40.3 Å². The Morgan fingerprint density at radius 1 is 0.918 bits per heavy atom. The highest BCUT2D eigenvalue weighted by Gasteiger charge is 2.33. The predicted molar refractivity (Wildman–Crippen MR) is 181 cm³/mol. The topological polar surface area (TPSA) is 148 Å². The van der Waals surface area contributed by atoms with Crippen LogP contribution in [0.5, 0.6) is 11.5 Å². The quantitative estimate of drug-likeness (QED) is 0.270. The van der Waals surface area contributed by atoms with E-state index in [-0.39, 0.29) is 43.5 Å². The van der Waals surface area contributed by atoms with E-state index in [9.17, 15) is 23.6 Å². The number of alkyl carbamates (subject to hydrolysis) is 1. The van der Waals surface area contributed by atoms with E-state index in [1.165, 1.54) is 55.2 Å². The SMILES string of the molecule is COC(=O)N[C@H](C)C(=O)N1CCN(n2c(C(C)N(C(=O)Nc3ccc(F)cc3)c3ccc(OC)cc3OC)nc3ccccc3c2=O)CC1. The van der Waals surface area contributed by atoms with E-state index in [2.05, 4.69) is 15.4 Å². The van der Waals surface area contributed by atoms with Crippen LogP contribution in [0.25, 0.3) is 10.9 Å². The van der Waals surface area contributed by atoms with Gasteiger partial charge in [-0.15, -0.1) is 0 Å². The first kappa shape index (κ1) is 34.5. The number of halogens is 1. The Bertz CT molecular complexity index is 1890. The van der Waals surface area contributed by atoms with Gasteiger partial charge in [-0.1, -0.05) is 12.1 Å². The lowest BCUT2D eigenvalue weighted by molar-refractivity contribution is -0.133. The fourth-order valence-corrected chi connectivity index (χ4v) is 5.68. The van der Waals surface area contributed by atoms with Gasteiger partial charge in [-0.3, -0.25) is 14.5 Å². The maximum atomic E-state index is 14.2. The molecule has 0 aliphatic carbocycles. The number of ether oxygens (including phenoxy) is 3. The second kappa shape index (κ2) is 14.9. The number of rotatable bonds is 9. The van der Waals surface area contributed by atoms with Crippen molar-refractivity contribution in [2.75, 3.05) is 62.7 Å². The van der Waals surface area contributed by atoms with Gasteiger partial charge in [0.1, 0.15) is 23.4 Å². The molecule has 2 heterocycles. The van der Waals surface area contributed by atoms with Crippen LogP contribution in [-0.4, -0.2) is 86.1 Å². The molecule has 2 atom stereocenters. The van der Waals surface area contributed by atoms with E-state index in [1.807, 2.05) is 0 Å². The molecule has 1 aromatic heterocycles. The summed E-state index contributed by atoms with van der Waals surface area (Å²) >= 11 is 0. The molecule has 0 bridgehead atoms. The number of hydrogen-bond donors (Lipinski definition) is 2. The van der Waals surface area contributed by atoms with Crippen molar-refractivity contribution in [2.24, 2.45) is 0 Å². The number of hydrogen-bond acceptors (Lipinski definition) is 9. The van der Waals surface area contributed by atoms with Gasteiger partial charge in [0.25, 0.3) is 5.56 Å². The number of urea groups is 1. The lowest BCUT2D eigenvalue weighted by atomic mass is 10.1. The zero-order valence-corrected chi connectivity index (χ0v) is 27.8. The number of methoxy groups -OCH3 is 3.